The van der Waals surface area contributed by atoms with E-state index in [4.69, 9.17) is 0 Å². The predicted octanol–water partition coefficient (Wildman–Crippen LogP) is 3.38. The molecule has 2 aromatic rings. The molecule has 2 aromatic carbocycles. The molecular formula is C20H18F3N3O4. The Balaban J connectivity index is 1.72. The zero-order valence-electron chi connectivity index (χ0n) is 15.8. The van der Waals surface area contributed by atoms with Gasteiger partial charge in [0.25, 0.3) is 5.91 Å². The van der Waals surface area contributed by atoms with E-state index in [0.29, 0.717) is 5.56 Å². The van der Waals surface area contributed by atoms with Crippen molar-refractivity contribution in [3.8, 4) is 5.75 Å². The highest BCUT2D eigenvalue weighted by Crippen LogP contribution is 2.32. The lowest BCUT2D eigenvalue weighted by atomic mass is 9.87. The van der Waals surface area contributed by atoms with Crippen molar-refractivity contribution in [3.05, 3.63) is 60.2 Å². The van der Waals surface area contributed by atoms with Crippen LogP contribution in [0.1, 0.15) is 18.9 Å². The molecule has 1 saturated heterocycles. The van der Waals surface area contributed by atoms with Crippen LogP contribution in [0.15, 0.2) is 54.6 Å². The van der Waals surface area contributed by atoms with Gasteiger partial charge in [-0.05, 0) is 24.1 Å². The van der Waals surface area contributed by atoms with Gasteiger partial charge in [-0.25, -0.2) is 4.79 Å². The van der Waals surface area contributed by atoms with Gasteiger partial charge in [-0.15, -0.1) is 13.2 Å². The molecule has 0 saturated carbocycles. The van der Waals surface area contributed by atoms with Crippen molar-refractivity contribution in [1.82, 2.24) is 10.2 Å². The lowest BCUT2D eigenvalue weighted by Crippen LogP contribution is -2.44. The first kappa shape index (κ1) is 21.2. The summed E-state index contributed by atoms with van der Waals surface area (Å²) in [6.45, 7) is 1.14. The van der Waals surface area contributed by atoms with Crippen molar-refractivity contribution in [2.75, 3.05) is 11.9 Å². The number of ether oxygens (including phenoxy) is 1. The number of alkyl halides is 3. The van der Waals surface area contributed by atoms with Crippen molar-refractivity contribution in [1.29, 1.82) is 0 Å². The van der Waals surface area contributed by atoms with Crippen molar-refractivity contribution < 1.29 is 32.3 Å². The molecule has 1 atom stereocenters. The number of imide groups is 1. The zero-order valence-corrected chi connectivity index (χ0v) is 15.8. The molecule has 0 radical (unpaired) electrons. The zero-order chi connectivity index (χ0) is 21.9. The number of urea groups is 1. The Kier molecular flexibility index (Phi) is 5.68. The Bertz CT molecular complexity index is 965. The normalized spacial score (nSPS) is 18.9. The lowest BCUT2D eigenvalue weighted by molar-refractivity contribution is -0.274. The van der Waals surface area contributed by atoms with Crippen LogP contribution in [0.25, 0.3) is 0 Å². The van der Waals surface area contributed by atoms with E-state index < -0.39 is 42.0 Å². The Hall–Kier alpha value is -3.56. The minimum Gasteiger partial charge on any atom is -0.406 e. The number of carbonyl (C=O) groups excluding carboxylic acids is 3. The van der Waals surface area contributed by atoms with E-state index in [1.165, 1.54) is 12.1 Å². The molecule has 1 aliphatic heterocycles. The summed E-state index contributed by atoms with van der Waals surface area (Å²) in [5.74, 6) is -1.84. The number of hydrogen-bond acceptors (Lipinski definition) is 4. The Morgan fingerprint density at radius 2 is 1.83 bits per heavy atom. The smallest absolute Gasteiger partial charge is 0.406 e. The summed E-state index contributed by atoms with van der Waals surface area (Å²) in [6, 6.07) is 12.6. The van der Waals surface area contributed by atoms with Crippen molar-refractivity contribution in [3.63, 3.8) is 0 Å². The number of benzene rings is 2. The fourth-order valence-corrected chi connectivity index (χ4v) is 3.25. The first-order chi connectivity index (χ1) is 14.1. The highest BCUT2D eigenvalue weighted by molar-refractivity contribution is 6.10. The van der Waals surface area contributed by atoms with Crippen LogP contribution in [0.5, 0.6) is 5.75 Å². The van der Waals surface area contributed by atoms with Gasteiger partial charge < -0.3 is 15.4 Å². The van der Waals surface area contributed by atoms with Crippen LogP contribution in [0.2, 0.25) is 0 Å². The van der Waals surface area contributed by atoms with Crippen molar-refractivity contribution in [2.24, 2.45) is 0 Å². The highest BCUT2D eigenvalue weighted by Gasteiger charge is 2.51. The summed E-state index contributed by atoms with van der Waals surface area (Å²) in [6.07, 6.45) is -4.60. The van der Waals surface area contributed by atoms with Gasteiger partial charge in [0.2, 0.25) is 5.91 Å². The van der Waals surface area contributed by atoms with E-state index in [9.17, 15) is 27.6 Å². The second-order valence-electron chi connectivity index (χ2n) is 6.57. The number of hydrogen-bond donors (Lipinski definition) is 2. The van der Waals surface area contributed by atoms with Gasteiger partial charge in [-0.1, -0.05) is 43.3 Å². The number of rotatable bonds is 6. The summed E-state index contributed by atoms with van der Waals surface area (Å²) >= 11 is 0. The van der Waals surface area contributed by atoms with E-state index in [2.05, 4.69) is 15.4 Å². The number of anilines is 1. The SMILES string of the molecule is CCC1(c2ccccc2)NC(=O)N(CC(=O)Nc2cccc(OC(F)(F)F)c2)C1=O. The maximum Gasteiger partial charge on any atom is 0.573 e. The summed E-state index contributed by atoms with van der Waals surface area (Å²) in [5.41, 5.74) is -0.664. The van der Waals surface area contributed by atoms with E-state index in [1.807, 2.05) is 0 Å². The standard InChI is InChI=1S/C20H18F3N3O4/c1-2-19(13-7-4-3-5-8-13)17(28)26(18(29)25-19)12-16(27)24-14-9-6-10-15(11-14)30-20(21,22)23/h3-11H,2,12H2,1H3,(H,24,27)(H,25,29). The maximum atomic E-state index is 13.0. The molecule has 1 unspecified atom stereocenters. The molecule has 7 nitrogen and oxygen atoms in total. The quantitative estimate of drug-likeness (QED) is 0.700. The summed E-state index contributed by atoms with van der Waals surface area (Å²) in [5, 5.41) is 5.01. The molecule has 0 aliphatic carbocycles. The molecule has 30 heavy (non-hydrogen) atoms. The number of amides is 4. The first-order valence-corrected chi connectivity index (χ1v) is 9.00. The van der Waals surface area contributed by atoms with Crippen LogP contribution in [0.3, 0.4) is 0 Å². The third-order valence-corrected chi connectivity index (χ3v) is 4.63. The van der Waals surface area contributed by atoms with Gasteiger partial charge >= 0.3 is 12.4 Å². The summed E-state index contributed by atoms with van der Waals surface area (Å²) < 4.78 is 40.8. The maximum absolute atomic E-state index is 13.0. The summed E-state index contributed by atoms with van der Waals surface area (Å²) in [7, 11) is 0. The van der Waals surface area contributed by atoms with Crippen LogP contribution >= 0.6 is 0 Å². The van der Waals surface area contributed by atoms with Crippen LogP contribution in [0.4, 0.5) is 23.7 Å². The fraction of sp³-hybridized carbons (Fsp3) is 0.250. The van der Waals surface area contributed by atoms with E-state index >= 15 is 0 Å². The van der Waals surface area contributed by atoms with Crippen LogP contribution in [-0.4, -0.2) is 35.7 Å². The van der Waals surface area contributed by atoms with Gasteiger partial charge in [-0.3, -0.25) is 14.5 Å². The van der Waals surface area contributed by atoms with Gasteiger partial charge in [0, 0.05) is 11.8 Å². The second-order valence-corrected chi connectivity index (χ2v) is 6.57. The number of nitrogens with one attached hydrogen (secondary N) is 2. The summed E-state index contributed by atoms with van der Waals surface area (Å²) in [4.78, 5) is 38.5. The average molecular weight is 421 g/mol. The number of carbonyl (C=O) groups is 3. The van der Waals surface area contributed by atoms with Crippen molar-refractivity contribution >= 4 is 23.5 Å². The van der Waals surface area contributed by atoms with Crippen LogP contribution in [0, 0.1) is 0 Å². The molecule has 0 spiro atoms. The van der Waals surface area contributed by atoms with Gasteiger partial charge in [0.15, 0.2) is 0 Å². The van der Waals surface area contributed by atoms with E-state index in [-0.39, 0.29) is 12.1 Å². The second kappa shape index (κ2) is 8.05. The Morgan fingerprint density at radius 1 is 1.13 bits per heavy atom. The number of nitrogens with zero attached hydrogens (tertiary/aromatic N) is 1. The molecular weight excluding hydrogens is 403 g/mol. The van der Waals surface area contributed by atoms with Gasteiger partial charge in [0.1, 0.15) is 17.8 Å². The first-order valence-electron chi connectivity index (χ1n) is 9.00. The van der Waals surface area contributed by atoms with E-state index in [1.54, 1.807) is 37.3 Å². The molecule has 1 heterocycles. The van der Waals surface area contributed by atoms with Gasteiger partial charge in [0.05, 0.1) is 0 Å². The molecule has 158 valence electrons. The molecule has 1 aliphatic rings. The third kappa shape index (κ3) is 4.37. The monoisotopic (exact) mass is 421 g/mol. The Morgan fingerprint density at radius 3 is 2.47 bits per heavy atom. The predicted molar refractivity (Wildman–Crippen MR) is 100 cm³/mol. The average Bonchev–Trinajstić information content (AvgIpc) is 2.92. The minimum absolute atomic E-state index is 0.0265. The van der Waals surface area contributed by atoms with Gasteiger partial charge in [-0.2, -0.15) is 0 Å². The topological polar surface area (TPSA) is 87.7 Å². The molecule has 2 N–H and O–H groups in total. The molecule has 0 aromatic heterocycles. The molecule has 1 fully saturated rings. The molecule has 4 amide bonds. The third-order valence-electron chi connectivity index (χ3n) is 4.63. The largest absolute Gasteiger partial charge is 0.573 e. The molecule has 3 rings (SSSR count). The van der Waals surface area contributed by atoms with Crippen LogP contribution in [-0.2, 0) is 15.1 Å². The molecule has 10 heteroatoms. The van der Waals surface area contributed by atoms with Crippen molar-refractivity contribution in [2.45, 2.75) is 25.2 Å². The van der Waals surface area contributed by atoms with E-state index in [0.717, 1.165) is 17.0 Å². The fourth-order valence-electron chi connectivity index (χ4n) is 3.25. The van der Waals surface area contributed by atoms with Crippen LogP contribution < -0.4 is 15.4 Å². The molecule has 0 bridgehead atoms. The number of halogens is 3. The highest BCUT2D eigenvalue weighted by atomic mass is 19.4. The Labute approximate surface area is 169 Å². The lowest BCUT2D eigenvalue weighted by Gasteiger charge is -2.25. The minimum atomic E-state index is -4.87.